The Kier molecular flexibility index (Phi) is 4.47. The predicted molar refractivity (Wildman–Crippen MR) is 75.1 cm³/mol. The highest BCUT2D eigenvalue weighted by molar-refractivity contribution is 9.10. The summed E-state index contributed by atoms with van der Waals surface area (Å²) < 4.78 is 16.6. The molecule has 0 spiro atoms. The summed E-state index contributed by atoms with van der Waals surface area (Å²) in [7, 11) is 3.11. The smallest absolute Gasteiger partial charge is 0.193 e. The van der Waals surface area contributed by atoms with E-state index in [1.807, 2.05) is 6.92 Å². The molecule has 2 atom stereocenters. The van der Waals surface area contributed by atoms with Crippen LogP contribution >= 0.6 is 15.9 Å². The van der Waals surface area contributed by atoms with Crippen molar-refractivity contribution in [2.75, 3.05) is 20.8 Å². The van der Waals surface area contributed by atoms with Crippen LogP contribution in [0.2, 0.25) is 0 Å². The molecule has 0 aliphatic carbocycles. The minimum atomic E-state index is -0.366. The lowest BCUT2D eigenvalue weighted by Crippen LogP contribution is -2.25. The summed E-state index contributed by atoms with van der Waals surface area (Å²) in [5, 5.41) is 0. The second kappa shape index (κ2) is 5.92. The van der Waals surface area contributed by atoms with Gasteiger partial charge in [0, 0.05) is 16.6 Å². The van der Waals surface area contributed by atoms with Gasteiger partial charge in [0.1, 0.15) is 6.10 Å². The molecule has 1 saturated heterocycles. The maximum atomic E-state index is 12.5. The average Bonchev–Trinajstić information content (AvgIpc) is 2.83. The Bertz CT molecular complexity index is 487. The lowest BCUT2D eigenvalue weighted by molar-refractivity contribution is 0.0578. The van der Waals surface area contributed by atoms with Crippen LogP contribution in [0.3, 0.4) is 0 Å². The van der Waals surface area contributed by atoms with Crippen LogP contribution in [-0.2, 0) is 4.74 Å². The number of halogens is 1. The van der Waals surface area contributed by atoms with E-state index in [0.29, 0.717) is 28.1 Å². The van der Waals surface area contributed by atoms with Gasteiger partial charge in [-0.05, 0) is 40.4 Å². The van der Waals surface area contributed by atoms with Crippen molar-refractivity contribution in [1.29, 1.82) is 0 Å². The number of ether oxygens (including phenoxy) is 3. The van der Waals surface area contributed by atoms with Crippen molar-refractivity contribution >= 4 is 21.7 Å². The van der Waals surface area contributed by atoms with Crippen molar-refractivity contribution in [3.63, 3.8) is 0 Å². The molecule has 1 heterocycles. The lowest BCUT2D eigenvalue weighted by atomic mass is 9.96. The fourth-order valence-electron chi connectivity index (χ4n) is 2.23. The molecule has 0 N–H and O–H groups in total. The van der Waals surface area contributed by atoms with Crippen LogP contribution in [0, 0.1) is 5.92 Å². The SMILES string of the molecule is COc1cc(Br)c(C(=O)C2OCCC2C)cc1OC. The third kappa shape index (κ3) is 2.77. The third-order valence-corrected chi connectivity index (χ3v) is 4.04. The molecule has 5 heteroatoms. The van der Waals surface area contributed by atoms with Gasteiger partial charge in [0.2, 0.25) is 0 Å². The van der Waals surface area contributed by atoms with Crippen LogP contribution in [0.5, 0.6) is 11.5 Å². The largest absolute Gasteiger partial charge is 0.493 e. The summed E-state index contributed by atoms with van der Waals surface area (Å²) in [5.74, 6) is 1.36. The van der Waals surface area contributed by atoms with Gasteiger partial charge in [-0.3, -0.25) is 4.79 Å². The number of rotatable bonds is 4. The number of carbonyl (C=O) groups is 1. The molecule has 0 aromatic heterocycles. The Morgan fingerprint density at radius 2 is 1.95 bits per heavy atom. The molecule has 1 aromatic rings. The Balaban J connectivity index is 2.36. The van der Waals surface area contributed by atoms with Crippen LogP contribution < -0.4 is 9.47 Å². The minimum Gasteiger partial charge on any atom is -0.493 e. The zero-order valence-electron chi connectivity index (χ0n) is 11.2. The summed E-state index contributed by atoms with van der Waals surface area (Å²) in [6, 6.07) is 3.44. The average molecular weight is 329 g/mol. The van der Waals surface area contributed by atoms with Gasteiger partial charge in [-0.1, -0.05) is 6.92 Å². The molecule has 4 nitrogen and oxygen atoms in total. The van der Waals surface area contributed by atoms with E-state index in [2.05, 4.69) is 15.9 Å². The van der Waals surface area contributed by atoms with Crippen LogP contribution in [0.15, 0.2) is 16.6 Å². The fourth-order valence-corrected chi connectivity index (χ4v) is 2.74. The molecule has 1 aliphatic heterocycles. The van der Waals surface area contributed by atoms with Crippen molar-refractivity contribution in [3.05, 3.63) is 22.2 Å². The normalized spacial score (nSPS) is 22.3. The Morgan fingerprint density at radius 3 is 2.47 bits per heavy atom. The van der Waals surface area contributed by atoms with Crippen LogP contribution in [-0.4, -0.2) is 32.7 Å². The molecule has 0 radical (unpaired) electrons. The first kappa shape index (κ1) is 14.3. The second-order valence-corrected chi connectivity index (χ2v) is 5.46. The van der Waals surface area contributed by atoms with Gasteiger partial charge in [0.05, 0.1) is 14.2 Å². The highest BCUT2D eigenvalue weighted by Gasteiger charge is 2.33. The van der Waals surface area contributed by atoms with Crippen molar-refractivity contribution in [2.24, 2.45) is 5.92 Å². The Hall–Kier alpha value is -1.07. The number of Topliss-reactive ketones (excluding diaryl/α,β-unsaturated/α-hetero) is 1. The zero-order valence-corrected chi connectivity index (χ0v) is 12.8. The van der Waals surface area contributed by atoms with Crippen LogP contribution in [0.1, 0.15) is 23.7 Å². The van der Waals surface area contributed by atoms with E-state index in [1.165, 1.54) is 0 Å². The van der Waals surface area contributed by atoms with Gasteiger partial charge in [-0.2, -0.15) is 0 Å². The van der Waals surface area contributed by atoms with E-state index in [0.717, 1.165) is 6.42 Å². The number of hydrogen-bond donors (Lipinski definition) is 0. The maximum Gasteiger partial charge on any atom is 0.193 e. The van der Waals surface area contributed by atoms with Gasteiger partial charge < -0.3 is 14.2 Å². The molecule has 0 saturated carbocycles. The molecule has 1 fully saturated rings. The molecule has 2 rings (SSSR count). The molecular weight excluding hydrogens is 312 g/mol. The van der Waals surface area contributed by atoms with Gasteiger partial charge in [-0.15, -0.1) is 0 Å². The first-order valence-electron chi connectivity index (χ1n) is 6.15. The molecule has 0 amide bonds. The van der Waals surface area contributed by atoms with Gasteiger partial charge in [0.15, 0.2) is 17.3 Å². The highest BCUT2D eigenvalue weighted by Crippen LogP contribution is 2.35. The van der Waals surface area contributed by atoms with E-state index in [1.54, 1.807) is 26.4 Å². The lowest BCUT2D eigenvalue weighted by Gasteiger charge is -2.16. The maximum absolute atomic E-state index is 12.5. The first-order valence-corrected chi connectivity index (χ1v) is 6.95. The summed E-state index contributed by atoms with van der Waals surface area (Å²) in [6.45, 7) is 2.67. The first-order chi connectivity index (χ1) is 9.08. The van der Waals surface area contributed by atoms with E-state index >= 15 is 0 Å². The zero-order chi connectivity index (χ0) is 14.0. The summed E-state index contributed by atoms with van der Waals surface area (Å²) in [5.41, 5.74) is 0.566. The Morgan fingerprint density at radius 1 is 1.32 bits per heavy atom. The quantitative estimate of drug-likeness (QED) is 0.797. The van der Waals surface area contributed by atoms with E-state index < -0.39 is 0 Å². The fraction of sp³-hybridized carbons (Fsp3) is 0.500. The van der Waals surface area contributed by atoms with Crippen molar-refractivity contribution in [2.45, 2.75) is 19.4 Å². The molecular formula is C14H17BrO4. The van der Waals surface area contributed by atoms with E-state index in [4.69, 9.17) is 14.2 Å². The topological polar surface area (TPSA) is 44.8 Å². The van der Waals surface area contributed by atoms with Gasteiger partial charge in [-0.25, -0.2) is 0 Å². The molecule has 104 valence electrons. The minimum absolute atomic E-state index is 0.0159. The van der Waals surface area contributed by atoms with Crippen LogP contribution in [0.25, 0.3) is 0 Å². The second-order valence-electron chi connectivity index (χ2n) is 4.61. The molecule has 1 aliphatic rings. The van der Waals surface area contributed by atoms with E-state index in [-0.39, 0.29) is 17.8 Å². The monoisotopic (exact) mass is 328 g/mol. The number of ketones is 1. The molecule has 1 aromatic carbocycles. The number of carbonyl (C=O) groups excluding carboxylic acids is 1. The van der Waals surface area contributed by atoms with Crippen molar-refractivity contribution in [1.82, 2.24) is 0 Å². The summed E-state index contributed by atoms with van der Waals surface area (Å²) in [6.07, 6.45) is 0.552. The van der Waals surface area contributed by atoms with Gasteiger partial charge in [0.25, 0.3) is 0 Å². The van der Waals surface area contributed by atoms with Crippen molar-refractivity contribution < 1.29 is 19.0 Å². The Labute approximate surface area is 121 Å². The van der Waals surface area contributed by atoms with Gasteiger partial charge >= 0.3 is 0 Å². The summed E-state index contributed by atoms with van der Waals surface area (Å²) >= 11 is 3.41. The highest BCUT2D eigenvalue weighted by atomic mass is 79.9. The van der Waals surface area contributed by atoms with Crippen molar-refractivity contribution in [3.8, 4) is 11.5 Å². The standard InChI is InChI=1S/C14H17BrO4/c1-8-4-5-19-14(8)13(16)9-6-11(17-2)12(18-3)7-10(9)15/h6-8,14H,4-5H2,1-3H3. The number of benzene rings is 1. The molecule has 19 heavy (non-hydrogen) atoms. The number of hydrogen-bond acceptors (Lipinski definition) is 4. The third-order valence-electron chi connectivity index (χ3n) is 3.38. The summed E-state index contributed by atoms with van der Waals surface area (Å²) in [4.78, 5) is 12.5. The molecule has 2 unspecified atom stereocenters. The predicted octanol–water partition coefficient (Wildman–Crippen LogP) is 3.07. The number of methoxy groups -OCH3 is 2. The van der Waals surface area contributed by atoms with E-state index in [9.17, 15) is 4.79 Å². The molecule has 0 bridgehead atoms. The van der Waals surface area contributed by atoms with Crippen LogP contribution in [0.4, 0.5) is 0 Å².